The number of furan rings is 1. The predicted molar refractivity (Wildman–Crippen MR) is 88.9 cm³/mol. The topological polar surface area (TPSA) is 91.8 Å². The van der Waals surface area contributed by atoms with Gasteiger partial charge in [-0.05, 0) is 44.4 Å². The highest BCUT2D eigenvalue weighted by Gasteiger charge is 2.20. The Balaban J connectivity index is 2.04. The minimum Gasteiger partial charge on any atom is -0.462 e. The zero-order chi connectivity index (χ0) is 17.5. The number of rotatable bonds is 7. The highest BCUT2D eigenvalue weighted by Crippen LogP contribution is 2.22. The van der Waals surface area contributed by atoms with Gasteiger partial charge in [0.15, 0.2) is 0 Å². The van der Waals surface area contributed by atoms with Gasteiger partial charge >= 0.3 is 11.9 Å². The van der Waals surface area contributed by atoms with Crippen LogP contribution in [-0.2, 0) is 22.3 Å². The SMILES string of the molecule is CCOC(=O)c1ccc(CCc2coc(N)c2C(=O)OCC)cc1. The smallest absolute Gasteiger partial charge is 0.343 e. The van der Waals surface area contributed by atoms with E-state index in [0.717, 1.165) is 5.56 Å². The van der Waals surface area contributed by atoms with Gasteiger partial charge < -0.3 is 19.6 Å². The van der Waals surface area contributed by atoms with E-state index in [0.29, 0.717) is 36.1 Å². The molecule has 0 aliphatic heterocycles. The van der Waals surface area contributed by atoms with Crippen LogP contribution in [0, 0.1) is 0 Å². The molecule has 0 bridgehead atoms. The average molecular weight is 331 g/mol. The van der Waals surface area contributed by atoms with E-state index >= 15 is 0 Å². The van der Waals surface area contributed by atoms with E-state index in [1.165, 1.54) is 6.26 Å². The minimum atomic E-state index is -0.476. The Kier molecular flexibility index (Phi) is 6.01. The van der Waals surface area contributed by atoms with Crippen LogP contribution < -0.4 is 5.73 Å². The number of carbonyl (C=O) groups excluding carboxylic acids is 2. The molecule has 128 valence electrons. The van der Waals surface area contributed by atoms with Crippen LogP contribution in [0.1, 0.15) is 45.7 Å². The molecule has 1 aromatic carbocycles. The summed E-state index contributed by atoms with van der Waals surface area (Å²) in [6.07, 6.45) is 2.73. The molecule has 24 heavy (non-hydrogen) atoms. The first-order valence-electron chi connectivity index (χ1n) is 7.85. The van der Waals surface area contributed by atoms with Gasteiger partial charge in [-0.2, -0.15) is 0 Å². The molecule has 1 heterocycles. The van der Waals surface area contributed by atoms with Gasteiger partial charge in [0.2, 0.25) is 5.88 Å². The number of benzene rings is 1. The molecule has 0 unspecified atom stereocenters. The van der Waals surface area contributed by atoms with E-state index in [1.807, 2.05) is 12.1 Å². The van der Waals surface area contributed by atoms with Crippen LogP contribution in [-0.4, -0.2) is 25.2 Å². The minimum absolute atomic E-state index is 0.0705. The van der Waals surface area contributed by atoms with Crippen molar-refractivity contribution in [2.75, 3.05) is 18.9 Å². The molecule has 0 saturated heterocycles. The molecule has 0 saturated carbocycles. The summed E-state index contributed by atoms with van der Waals surface area (Å²) in [5.74, 6) is -0.742. The molecule has 1 aromatic heterocycles. The van der Waals surface area contributed by atoms with Crippen LogP contribution in [0.15, 0.2) is 34.9 Å². The van der Waals surface area contributed by atoms with Crippen molar-refractivity contribution in [2.45, 2.75) is 26.7 Å². The Bertz CT molecular complexity index is 703. The summed E-state index contributed by atoms with van der Waals surface area (Å²) in [5.41, 5.74) is 8.24. The third-order valence-corrected chi connectivity index (χ3v) is 3.52. The summed E-state index contributed by atoms with van der Waals surface area (Å²) in [7, 11) is 0. The van der Waals surface area contributed by atoms with E-state index < -0.39 is 5.97 Å². The van der Waals surface area contributed by atoms with Crippen molar-refractivity contribution >= 4 is 17.8 Å². The van der Waals surface area contributed by atoms with E-state index in [4.69, 9.17) is 19.6 Å². The number of hydrogen-bond donors (Lipinski definition) is 1. The number of aryl methyl sites for hydroxylation is 2. The fraction of sp³-hybridized carbons (Fsp3) is 0.333. The van der Waals surface area contributed by atoms with Gasteiger partial charge in [-0.1, -0.05) is 12.1 Å². The highest BCUT2D eigenvalue weighted by atomic mass is 16.5. The second-order valence-corrected chi connectivity index (χ2v) is 5.14. The first-order chi connectivity index (χ1) is 11.6. The van der Waals surface area contributed by atoms with E-state index in [1.54, 1.807) is 26.0 Å². The summed E-state index contributed by atoms with van der Waals surface area (Å²) in [6.45, 7) is 4.13. The van der Waals surface area contributed by atoms with Crippen LogP contribution in [0.5, 0.6) is 0 Å². The first-order valence-corrected chi connectivity index (χ1v) is 7.85. The maximum absolute atomic E-state index is 11.9. The fourth-order valence-electron chi connectivity index (χ4n) is 2.33. The Morgan fingerprint density at radius 1 is 1.00 bits per heavy atom. The monoisotopic (exact) mass is 331 g/mol. The van der Waals surface area contributed by atoms with Crippen molar-refractivity contribution in [3.05, 3.63) is 52.8 Å². The van der Waals surface area contributed by atoms with Gasteiger partial charge in [0.1, 0.15) is 5.56 Å². The molecule has 0 aliphatic carbocycles. The molecular weight excluding hydrogens is 310 g/mol. The molecule has 0 fully saturated rings. The lowest BCUT2D eigenvalue weighted by molar-refractivity contribution is 0.0516. The molecule has 6 heteroatoms. The fourth-order valence-corrected chi connectivity index (χ4v) is 2.33. The Hall–Kier alpha value is -2.76. The molecule has 0 atom stereocenters. The van der Waals surface area contributed by atoms with E-state index in [9.17, 15) is 9.59 Å². The number of nitrogens with two attached hydrogens (primary N) is 1. The van der Waals surface area contributed by atoms with Crippen molar-refractivity contribution in [1.82, 2.24) is 0 Å². The predicted octanol–water partition coefficient (Wildman–Crippen LogP) is 3.00. The van der Waals surface area contributed by atoms with Crippen LogP contribution >= 0.6 is 0 Å². The number of anilines is 1. The second-order valence-electron chi connectivity index (χ2n) is 5.14. The van der Waals surface area contributed by atoms with Crippen molar-refractivity contribution < 1.29 is 23.5 Å². The average Bonchev–Trinajstić information content (AvgIpc) is 2.94. The van der Waals surface area contributed by atoms with Crippen LogP contribution in [0.25, 0.3) is 0 Å². The lowest BCUT2D eigenvalue weighted by Crippen LogP contribution is -2.09. The van der Waals surface area contributed by atoms with Gasteiger partial charge in [0, 0.05) is 5.56 Å². The lowest BCUT2D eigenvalue weighted by atomic mass is 10.0. The van der Waals surface area contributed by atoms with Gasteiger partial charge in [-0.15, -0.1) is 0 Å². The van der Waals surface area contributed by atoms with Gasteiger partial charge in [-0.3, -0.25) is 0 Å². The lowest BCUT2D eigenvalue weighted by Gasteiger charge is -2.05. The highest BCUT2D eigenvalue weighted by molar-refractivity contribution is 5.95. The van der Waals surface area contributed by atoms with E-state index in [-0.39, 0.29) is 18.5 Å². The molecule has 0 amide bonds. The Morgan fingerprint density at radius 3 is 2.25 bits per heavy atom. The molecular formula is C18H21NO5. The number of hydrogen-bond acceptors (Lipinski definition) is 6. The number of esters is 2. The van der Waals surface area contributed by atoms with Crippen LogP contribution in [0.4, 0.5) is 5.88 Å². The zero-order valence-electron chi connectivity index (χ0n) is 13.8. The van der Waals surface area contributed by atoms with Crippen LogP contribution in [0.3, 0.4) is 0 Å². The van der Waals surface area contributed by atoms with Crippen molar-refractivity contribution in [2.24, 2.45) is 0 Å². The standard InChI is InChI=1S/C18H21NO5/c1-3-22-17(20)13-8-5-12(6-9-13)7-10-14-11-24-16(19)15(14)18(21)23-4-2/h5-6,8-9,11H,3-4,7,10,19H2,1-2H3. The van der Waals surface area contributed by atoms with Crippen molar-refractivity contribution in [1.29, 1.82) is 0 Å². The third kappa shape index (κ3) is 4.16. The zero-order valence-corrected chi connectivity index (χ0v) is 13.8. The van der Waals surface area contributed by atoms with Gasteiger partial charge in [0.25, 0.3) is 0 Å². The van der Waals surface area contributed by atoms with Crippen LogP contribution in [0.2, 0.25) is 0 Å². The van der Waals surface area contributed by atoms with Gasteiger partial charge in [0.05, 0.1) is 25.0 Å². The molecule has 6 nitrogen and oxygen atoms in total. The summed E-state index contributed by atoms with van der Waals surface area (Å²) in [4.78, 5) is 23.5. The molecule has 2 aromatic rings. The molecule has 2 N–H and O–H groups in total. The largest absolute Gasteiger partial charge is 0.462 e. The summed E-state index contributed by atoms with van der Waals surface area (Å²) >= 11 is 0. The maximum atomic E-state index is 11.9. The maximum Gasteiger partial charge on any atom is 0.343 e. The summed E-state index contributed by atoms with van der Waals surface area (Å²) in [5, 5.41) is 0. The normalized spacial score (nSPS) is 10.4. The Labute approximate surface area is 140 Å². The number of nitrogen functional groups attached to an aromatic ring is 1. The second kappa shape index (κ2) is 8.19. The quantitative estimate of drug-likeness (QED) is 0.784. The first kappa shape index (κ1) is 17.6. The molecule has 2 rings (SSSR count). The molecule has 0 aliphatic rings. The summed E-state index contributed by atoms with van der Waals surface area (Å²) in [6, 6.07) is 7.17. The Morgan fingerprint density at radius 2 is 1.62 bits per heavy atom. The number of carbonyl (C=O) groups is 2. The van der Waals surface area contributed by atoms with E-state index in [2.05, 4.69) is 0 Å². The third-order valence-electron chi connectivity index (χ3n) is 3.52. The van der Waals surface area contributed by atoms with Crippen molar-refractivity contribution in [3.63, 3.8) is 0 Å². The number of ether oxygens (including phenoxy) is 2. The molecule has 0 radical (unpaired) electrons. The van der Waals surface area contributed by atoms with Crippen molar-refractivity contribution in [3.8, 4) is 0 Å². The summed E-state index contributed by atoms with van der Waals surface area (Å²) < 4.78 is 15.1. The molecule has 0 spiro atoms. The van der Waals surface area contributed by atoms with Gasteiger partial charge in [-0.25, -0.2) is 9.59 Å².